The van der Waals surface area contributed by atoms with Crippen LogP contribution >= 0.6 is 0 Å². The van der Waals surface area contributed by atoms with Crippen LogP contribution in [-0.2, 0) is 6.42 Å². The molecule has 2 nitrogen and oxygen atoms in total. The maximum absolute atomic E-state index is 10.2. The van der Waals surface area contributed by atoms with Gasteiger partial charge in [-0.25, -0.2) is 0 Å². The molecule has 2 heteroatoms. The molecule has 0 bridgehead atoms. The second-order valence-electron chi connectivity index (χ2n) is 3.04. The summed E-state index contributed by atoms with van der Waals surface area (Å²) in [6.07, 6.45) is 2.71. The summed E-state index contributed by atoms with van der Waals surface area (Å²) in [5, 5.41) is 8.58. The number of rotatable bonds is 3. The second kappa shape index (κ2) is 8.45. The Labute approximate surface area is 85.6 Å². The van der Waals surface area contributed by atoms with Crippen molar-refractivity contribution in [2.24, 2.45) is 0 Å². The van der Waals surface area contributed by atoms with Crippen molar-refractivity contribution in [1.29, 1.82) is 0 Å². The standard InChI is InChI=1S/C9H10O2.C3H8/c10-6-5-8-1-3-9(7-11)4-2-8;1-3-2/h1-4,7,10H,5-6H2;3H2,1-2H3. The number of carbonyl (C=O) groups is 1. The summed E-state index contributed by atoms with van der Waals surface area (Å²) in [4.78, 5) is 10.2. The maximum Gasteiger partial charge on any atom is 0.150 e. The molecule has 1 N–H and O–H groups in total. The Bertz CT molecular complexity index is 239. The van der Waals surface area contributed by atoms with E-state index in [9.17, 15) is 4.79 Å². The molecule has 0 aliphatic heterocycles. The third-order valence-corrected chi connectivity index (χ3v) is 1.52. The largest absolute Gasteiger partial charge is 0.396 e. The van der Waals surface area contributed by atoms with Crippen LogP contribution < -0.4 is 0 Å². The van der Waals surface area contributed by atoms with Crippen molar-refractivity contribution in [3.63, 3.8) is 0 Å². The summed E-state index contributed by atoms with van der Waals surface area (Å²) < 4.78 is 0. The van der Waals surface area contributed by atoms with E-state index in [4.69, 9.17) is 5.11 Å². The van der Waals surface area contributed by atoms with Crippen LogP contribution in [0.4, 0.5) is 0 Å². The first-order chi connectivity index (χ1) is 6.78. The molecule has 0 aliphatic rings. The summed E-state index contributed by atoms with van der Waals surface area (Å²) >= 11 is 0. The van der Waals surface area contributed by atoms with Crippen molar-refractivity contribution in [2.45, 2.75) is 26.7 Å². The fourth-order valence-corrected chi connectivity index (χ4v) is 0.892. The first-order valence-electron chi connectivity index (χ1n) is 4.93. The Kier molecular flexibility index (Phi) is 7.75. The fourth-order valence-electron chi connectivity index (χ4n) is 0.892. The van der Waals surface area contributed by atoms with Gasteiger partial charge in [0.15, 0.2) is 0 Å². The fraction of sp³-hybridized carbons (Fsp3) is 0.417. The first-order valence-corrected chi connectivity index (χ1v) is 4.93. The van der Waals surface area contributed by atoms with Gasteiger partial charge in [0.1, 0.15) is 6.29 Å². The lowest BCUT2D eigenvalue weighted by atomic mass is 10.1. The minimum atomic E-state index is 0.153. The Balaban J connectivity index is 0.000000500. The number of hydrogen-bond donors (Lipinski definition) is 1. The summed E-state index contributed by atoms with van der Waals surface area (Å²) in [6, 6.07) is 7.19. The zero-order valence-electron chi connectivity index (χ0n) is 8.86. The molecule has 0 heterocycles. The van der Waals surface area contributed by atoms with Gasteiger partial charge in [0.05, 0.1) is 0 Å². The van der Waals surface area contributed by atoms with Gasteiger partial charge in [-0.3, -0.25) is 4.79 Å². The highest BCUT2D eigenvalue weighted by atomic mass is 16.2. The van der Waals surface area contributed by atoms with Crippen LogP contribution in [0.2, 0.25) is 0 Å². The zero-order valence-corrected chi connectivity index (χ0v) is 8.86. The molecule has 0 spiro atoms. The van der Waals surface area contributed by atoms with E-state index in [1.165, 1.54) is 6.42 Å². The van der Waals surface area contributed by atoms with Crippen molar-refractivity contribution >= 4 is 6.29 Å². The number of hydrogen-bond acceptors (Lipinski definition) is 2. The predicted molar refractivity (Wildman–Crippen MR) is 58.6 cm³/mol. The molecule has 0 atom stereocenters. The quantitative estimate of drug-likeness (QED) is 0.750. The molecule has 0 saturated heterocycles. The van der Waals surface area contributed by atoms with Crippen LogP contribution in [0.15, 0.2) is 24.3 Å². The monoisotopic (exact) mass is 194 g/mol. The third-order valence-electron chi connectivity index (χ3n) is 1.52. The topological polar surface area (TPSA) is 37.3 Å². The van der Waals surface area contributed by atoms with Crippen molar-refractivity contribution in [2.75, 3.05) is 6.61 Å². The third kappa shape index (κ3) is 5.49. The molecule has 0 amide bonds. The smallest absolute Gasteiger partial charge is 0.150 e. The van der Waals surface area contributed by atoms with Gasteiger partial charge in [-0.05, 0) is 12.0 Å². The second-order valence-corrected chi connectivity index (χ2v) is 3.04. The Morgan fingerprint density at radius 1 is 1.21 bits per heavy atom. The summed E-state index contributed by atoms with van der Waals surface area (Å²) in [6.45, 7) is 4.40. The Morgan fingerprint density at radius 3 is 2.07 bits per heavy atom. The molecule has 1 aromatic carbocycles. The number of aliphatic hydroxyl groups is 1. The van der Waals surface area contributed by atoms with Gasteiger partial charge in [-0.15, -0.1) is 0 Å². The highest BCUT2D eigenvalue weighted by molar-refractivity contribution is 5.74. The van der Waals surface area contributed by atoms with Crippen molar-refractivity contribution in [1.82, 2.24) is 0 Å². The highest BCUT2D eigenvalue weighted by Gasteiger charge is 1.91. The molecule has 1 rings (SSSR count). The molecular formula is C12H18O2. The van der Waals surface area contributed by atoms with Gasteiger partial charge in [0, 0.05) is 12.2 Å². The Morgan fingerprint density at radius 2 is 1.71 bits per heavy atom. The van der Waals surface area contributed by atoms with Gasteiger partial charge >= 0.3 is 0 Å². The minimum Gasteiger partial charge on any atom is -0.396 e. The van der Waals surface area contributed by atoms with Gasteiger partial charge < -0.3 is 5.11 Å². The van der Waals surface area contributed by atoms with Crippen molar-refractivity contribution in [3.05, 3.63) is 35.4 Å². The molecular weight excluding hydrogens is 176 g/mol. The molecule has 0 aliphatic carbocycles. The lowest BCUT2D eigenvalue weighted by Crippen LogP contribution is -1.90. The summed E-state index contributed by atoms with van der Waals surface area (Å²) in [5.74, 6) is 0. The maximum atomic E-state index is 10.2. The average molecular weight is 194 g/mol. The van der Waals surface area contributed by atoms with Crippen LogP contribution in [-0.4, -0.2) is 18.0 Å². The Hall–Kier alpha value is -1.15. The molecule has 0 radical (unpaired) electrons. The van der Waals surface area contributed by atoms with Crippen LogP contribution in [0, 0.1) is 0 Å². The van der Waals surface area contributed by atoms with E-state index in [1.54, 1.807) is 12.1 Å². The van der Waals surface area contributed by atoms with E-state index in [1.807, 2.05) is 12.1 Å². The minimum absolute atomic E-state index is 0.153. The number of aliphatic hydroxyl groups excluding tert-OH is 1. The summed E-state index contributed by atoms with van der Waals surface area (Å²) in [7, 11) is 0. The SMILES string of the molecule is CCC.O=Cc1ccc(CCO)cc1. The van der Waals surface area contributed by atoms with Gasteiger partial charge in [0.2, 0.25) is 0 Å². The molecule has 0 unspecified atom stereocenters. The molecule has 78 valence electrons. The molecule has 0 saturated carbocycles. The average Bonchev–Trinajstić information content (AvgIpc) is 2.21. The highest BCUT2D eigenvalue weighted by Crippen LogP contribution is 2.02. The van der Waals surface area contributed by atoms with Crippen LogP contribution in [0.25, 0.3) is 0 Å². The normalized spacial score (nSPS) is 8.79. The van der Waals surface area contributed by atoms with E-state index in [2.05, 4.69) is 13.8 Å². The van der Waals surface area contributed by atoms with Crippen LogP contribution in [0.3, 0.4) is 0 Å². The van der Waals surface area contributed by atoms with Crippen LogP contribution in [0.1, 0.15) is 36.2 Å². The van der Waals surface area contributed by atoms with Gasteiger partial charge in [0.25, 0.3) is 0 Å². The number of aldehydes is 1. The summed E-state index contributed by atoms with van der Waals surface area (Å²) in [5.41, 5.74) is 1.73. The van der Waals surface area contributed by atoms with Gasteiger partial charge in [-0.2, -0.15) is 0 Å². The molecule has 0 fully saturated rings. The van der Waals surface area contributed by atoms with E-state index < -0.39 is 0 Å². The molecule has 14 heavy (non-hydrogen) atoms. The molecule has 0 aromatic heterocycles. The van der Waals surface area contributed by atoms with E-state index in [0.717, 1.165) is 11.8 Å². The lowest BCUT2D eigenvalue weighted by molar-refractivity contribution is 0.112. The van der Waals surface area contributed by atoms with Crippen molar-refractivity contribution < 1.29 is 9.90 Å². The first kappa shape index (κ1) is 12.8. The molecule has 1 aromatic rings. The van der Waals surface area contributed by atoms with Crippen LogP contribution in [0.5, 0.6) is 0 Å². The van der Waals surface area contributed by atoms with E-state index in [-0.39, 0.29) is 6.61 Å². The lowest BCUT2D eigenvalue weighted by Gasteiger charge is -1.96. The number of carbonyl (C=O) groups excluding carboxylic acids is 1. The zero-order chi connectivity index (χ0) is 10.8. The van der Waals surface area contributed by atoms with E-state index in [0.29, 0.717) is 12.0 Å². The van der Waals surface area contributed by atoms with Crippen molar-refractivity contribution in [3.8, 4) is 0 Å². The number of benzene rings is 1. The van der Waals surface area contributed by atoms with Gasteiger partial charge in [-0.1, -0.05) is 44.5 Å². The predicted octanol–water partition coefficient (Wildman–Crippen LogP) is 2.45. The van der Waals surface area contributed by atoms with E-state index >= 15 is 0 Å².